The van der Waals surface area contributed by atoms with Crippen molar-refractivity contribution in [2.75, 3.05) is 4.90 Å². The molecule has 1 aliphatic rings. The van der Waals surface area contributed by atoms with Crippen molar-refractivity contribution in [2.45, 2.75) is 19.3 Å². The second-order valence-corrected chi connectivity index (χ2v) is 16.8. The Labute approximate surface area is 337 Å². The number of para-hydroxylation sites is 1. The molecule has 0 atom stereocenters. The van der Waals surface area contributed by atoms with Crippen molar-refractivity contribution in [1.82, 2.24) is 0 Å². The van der Waals surface area contributed by atoms with E-state index in [2.05, 4.69) is 219 Å². The monoisotopic (exact) mass is 745 g/mol. The van der Waals surface area contributed by atoms with Gasteiger partial charge in [0.2, 0.25) is 0 Å². The highest BCUT2D eigenvalue weighted by atomic mass is 32.1. The lowest BCUT2D eigenvalue weighted by molar-refractivity contribution is 0.660. The molecule has 9 aromatic carbocycles. The second kappa shape index (κ2) is 13.2. The maximum Gasteiger partial charge on any atom is 0.0540 e. The predicted octanol–water partition coefficient (Wildman–Crippen LogP) is 16.0. The number of hydrogen-bond donors (Lipinski definition) is 0. The van der Waals surface area contributed by atoms with Gasteiger partial charge in [0.05, 0.1) is 5.69 Å². The van der Waals surface area contributed by atoms with Gasteiger partial charge in [0.15, 0.2) is 0 Å². The zero-order chi connectivity index (χ0) is 38.1. The number of fused-ring (bicyclic) bond motifs is 7. The molecule has 0 unspecified atom stereocenters. The van der Waals surface area contributed by atoms with Crippen LogP contribution in [0.3, 0.4) is 0 Å². The summed E-state index contributed by atoms with van der Waals surface area (Å²) in [6, 6.07) is 73.8. The van der Waals surface area contributed by atoms with Crippen LogP contribution in [0.5, 0.6) is 0 Å². The van der Waals surface area contributed by atoms with Crippen LogP contribution in [-0.4, -0.2) is 0 Å². The summed E-state index contributed by atoms with van der Waals surface area (Å²) >= 11 is 1.87. The number of benzene rings is 9. The van der Waals surface area contributed by atoms with E-state index < -0.39 is 0 Å². The van der Waals surface area contributed by atoms with Crippen LogP contribution in [0.25, 0.3) is 75.5 Å². The summed E-state index contributed by atoms with van der Waals surface area (Å²) in [6.45, 7) is 4.70. The Morgan fingerprint density at radius 1 is 0.386 bits per heavy atom. The predicted molar refractivity (Wildman–Crippen MR) is 245 cm³/mol. The summed E-state index contributed by atoms with van der Waals surface area (Å²) in [6.07, 6.45) is 0. The van der Waals surface area contributed by atoms with Gasteiger partial charge in [-0.3, -0.25) is 0 Å². The number of thiophene rings is 1. The first kappa shape index (κ1) is 33.6. The van der Waals surface area contributed by atoms with Gasteiger partial charge in [0.25, 0.3) is 0 Å². The Balaban J connectivity index is 1.05. The van der Waals surface area contributed by atoms with Crippen molar-refractivity contribution in [1.29, 1.82) is 0 Å². The number of nitrogens with zero attached hydrogens (tertiary/aromatic N) is 1. The van der Waals surface area contributed by atoms with Gasteiger partial charge < -0.3 is 4.90 Å². The lowest BCUT2D eigenvalue weighted by Gasteiger charge is -2.28. The molecular formula is C55H39NS. The molecule has 0 radical (unpaired) electrons. The molecule has 0 saturated carbocycles. The SMILES string of the molecule is CC1(C)c2ccccc2-c2ccc(-c3ccc(N(c4ccc(-c5cccc6ccccc56)cc4)c4ccccc4-c4cccc5sc6ccccc6c45)cc3)cc21. The van der Waals surface area contributed by atoms with Gasteiger partial charge >= 0.3 is 0 Å². The molecule has 0 bridgehead atoms. The second-order valence-electron chi connectivity index (χ2n) is 15.7. The molecular weight excluding hydrogens is 707 g/mol. The van der Waals surface area contributed by atoms with Gasteiger partial charge in [-0.25, -0.2) is 0 Å². The molecule has 1 nitrogen and oxygen atoms in total. The summed E-state index contributed by atoms with van der Waals surface area (Å²) in [5.41, 5.74) is 16.2. The van der Waals surface area contributed by atoms with Gasteiger partial charge in [-0.1, -0.05) is 166 Å². The number of anilines is 3. The van der Waals surface area contributed by atoms with E-state index in [9.17, 15) is 0 Å². The molecule has 270 valence electrons. The molecule has 2 heteroatoms. The van der Waals surface area contributed by atoms with Crippen LogP contribution in [0.1, 0.15) is 25.0 Å². The molecule has 1 heterocycles. The third-order valence-corrected chi connectivity index (χ3v) is 13.2. The van der Waals surface area contributed by atoms with E-state index in [1.54, 1.807) is 0 Å². The van der Waals surface area contributed by atoms with Crippen molar-refractivity contribution in [3.8, 4) is 44.5 Å². The maximum absolute atomic E-state index is 2.43. The van der Waals surface area contributed by atoms with E-state index in [0.29, 0.717) is 0 Å². The van der Waals surface area contributed by atoms with Crippen molar-refractivity contribution in [3.63, 3.8) is 0 Å². The van der Waals surface area contributed by atoms with Crippen LogP contribution in [0, 0.1) is 0 Å². The summed E-state index contributed by atoms with van der Waals surface area (Å²) in [5.74, 6) is 0. The highest BCUT2D eigenvalue weighted by Crippen LogP contribution is 2.50. The van der Waals surface area contributed by atoms with E-state index >= 15 is 0 Å². The highest BCUT2D eigenvalue weighted by molar-refractivity contribution is 7.25. The van der Waals surface area contributed by atoms with E-state index in [1.165, 1.54) is 86.6 Å². The summed E-state index contributed by atoms with van der Waals surface area (Å²) in [5, 5.41) is 5.13. The van der Waals surface area contributed by atoms with Crippen LogP contribution in [-0.2, 0) is 5.41 Å². The minimum Gasteiger partial charge on any atom is -0.310 e. The van der Waals surface area contributed by atoms with Crippen molar-refractivity contribution in [3.05, 3.63) is 211 Å². The molecule has 1 aromatic heterocycles. The van der Waals surface area contributed by atoms with E-state index in [0.717, 1.165) is 17.1 Å². The fourth-order valence-corrected chi connectivity index (χ4v) is 10.4. The molecule has 0 N–H and O–H groups in total. The van der Waals surface area contributed by atoms with Gasteiger partial charge in [0.1, 0.15) is 0 Å². The minimum atomic E-state index is -0.0444. The summed E-state index contributed by atoms with van der Waals surface area (Å²) in [7, 11) is 0. The maximum atomic E-state index is 2.43. The Morgan fingerprint density at radius 3 is 1.77 bits per heavy atom. The molecule has 0 saturated heterocycles. The Hall–Kier alpha value is -6.74. The topological polar surface area (TPSA) is 3.24 Å². The van der Waals surface area contributed by atoms with Crippen molar-refractivity contribution in [2.24, 2.45) is 0 Å². The van der Waals surface area contributed by atoms with Gasteiger partial charge in [-0.05, 0) is 109 Å². The fraction of sp³-hybridized carbons (Fsp3) is 0.0545. The van der Waals surface area contributed by atoms with Crippen LogP contribution >= 0.6 is 11.3 Å². The smallest absolute Gasteiger partial charge is 0.0540 e. The Kier molecular flexibility index (Phi) is 7.77. The summed E-state index contributed by atoms with van der Waals surface area (Å²) in [4.78, 5) is 2.43. The molecule has 11 rings (SSSR count). The number of rotatable bonds is 6. The Bertz CT molecular complexity index is 3140. The van der Waals surface area contributed by atoms with Gasteiger partial charge in [-0.15, -0.1) is 11.3 Å². The van der Waals surface area contributed by atoms with Crippen LogP contribution in [0.2, 0.25) is 0 Å². The zero-order valence-electron chi connectivity index (χ0n) is 31.9. The van der Waals surface area contributed by atoms with E-state index in [4.69, 9.17) is 0 Å². The van der Waals surface area contributed by atoms with E-state index in [-0.39, 0.29) is 5.41 Å². The Morgan fingerprint density at radius 2 is 0.947 bits per heavy atom. The largest absolute Gasteiger partial charge is 0.310 e. The lowest BCUT2D eigenvalue weighted by atomic mass is 9.81. The molecule has 0 amide bonds. The molecule has 10 aromatic rings. The van der Waals surface area contributed by atoms with Gasteiger partial charge in [-0.2, -0.15) is 0 Å². The average Bonchev–Trinajstić information content (AvgIpc) is 3.76. The third kappa shape index (κ3) is 5.44. The average molecular weight is 746 g/mol. The highest BCUT2D eigenvalue weighted by Gasteiger charge is 2.35. The molecule has 57 heavy (non-hydrogen) atoms. The van der Waals surface area contributed by atoms with E-state index in [1.807, 2.05) is 11.3 Å². The molecule has 0 aliphatic heterocycles. The molecule has 1 aliphatic carbocycles. The standard InChI is InChI=1S/C55H39NS/c1-55(2)49-21-8-5-16-44(49)45-34-29-39(35-50(45)55)36-25-30-40(31-26-36)56(41-32-27-38(28-33-41)43-19-11-14-37-13-3-4-15-42(37)43)51-22-9-6-17-46(51)47-20-12-24-53-54(47)48-18-7-10-23-52(48)57-53/h3-35H,1-2H3. The fourth-order valence-electron chi connectivity index (χ4n) is 9.28. The summed E-state index contributed by atoms with van der Waals surface area (Å²) < 4.78 is 2.62. The number of hydrogen-bond acceptors (Lipinski definition) is 2. The van der Waals surface area contributed by atoms with Crippen LogP contribution in [0.4, 0.5) is 17.1 Å². The molecule has 0 spiro atoms. The minimum absolute atomic E-state index is 0.0444. The van der Waals surface area contributed by atoms with Crippen LogP contribution in [0.15, 0.2) is 200 Å². The molecule has 0 fully saturated rings. The normalized spacial score (nSPS) is 12.9. The zero-order valence-corrected chi connectivity index (χ0v) is 32.7. The van der Waals surface area contributed by atoms with Crippen molar-refractivity contribution < 1.29 is 0 Å². The quantitative estimate of drug-likeness (QED) is 0.164. The first-order valence-electron chi connectivity index (χ1n) is 19.8. The third-order valence-electron chi connectivity index (χ3n) is 12.1. The lowest BCUT2D eigenvalue weighted by Crippen LogP contribution is -2.14. The first-order chi connectivity index (χ1) is 28.0. The van der Waals surface area contributed by atoms with Crippen LogP contribution < -0.4 is 4.90 Å². The van der Waals surface area contributed by atoms with Gasteiger partial charge in [0, 0.05) is 42.5 Å². The van der Waals surface area contributed by atoms with Crippen molar-refractivity contribution >= 4 is 59.3 Å². The first-order valence-corrected chi connectivity index (χ1v) is 20.6.